The van der Waals surface area contributed by atoms with E-state index in [1.54, 1.807) is 6.20 Å². The highest BCUT2D eigenvalue weighted by Gasteiger charge is 2.39. The lowest BCUT2D eigenvalue weighted by molar-refractivity contribution is -0.143. The van der Waals surface area contributed by atoms with Gasteiger partial charge in [-0.3, -0.25) is 9.69 Å². The van der Waals surface area contributed by atoms with Crippen molar-refractivity contribution in [2.45, 2.75) is 37.8 Å². The van der Waals surface area contributed by atoms with Crippen LogP contribution in [0.15, 0.2) is 36.5 Å². The van der Waals surface area contributed by atoms with Crippen molar-refractivity contribution >= 4 is 23.6 Å². The number of aromatic nitrogens is 2. The van der Waals surface area contributed by atoms with Crippen LogP contribution in [0.2, 0.25) is 0 Å². The zero-order chi connectivity index (χ0) is 24.4. The number of cyclic esters (lactones) is 1. The highest BCUT2D eigenvalue weighted by Crippen LogP contribution is 2.29. The number of carbonyl (C=O) groups excluding carboxylic acids is 1. The van der Waals surface area contributed by atoms with Crippen molar-refractivity contribution in [1.29, 1.82) is 0 Å². The smallest absolute Gasteiger partial charge is 0.410 e. The van der Waals surface area contributed by atoms with E-state index in [0.717, 1.165) is 50.4 Å². The van der Waals surface area contributed by atoms with Gasteiger partial charge in [-0.15, -0.1) is 0 Å². The third-order valence-electron chi connectivity index (χ3n) is 7.33. The number of nitrogen functional groups attached to an aromatic ring is 1. The normalized spacial score (nSPS) is 22.4. The summed E-state index contributed by atoms with van der Waals surface area (Å²) < 4.78 is 5.67. The van der Waals surface area contributed by atoms with Crippen LogP contribution in [0.25, 0.3) is 11.4 Å². The molecule has 186 valence electrons. The van der Waals surface area contributed by atoms with Gasteiger partial charge in [0.25, 0.3) is 0 Å². The first-order valence-corrected chi connectivity index (χ1v) is 12.3. The molecule has 10 nitrogen and oxygen atoms in total. The van der Waals surface area contributed by atoms with Gasteiger partial charge in [0, 0.05) is 31.2 Å². The summed E-state index contributed by atoms with van der Waals surface area (Å²) in [6.45, 7) is 4.20. The molecule has 1 atom stereocenters. The van der Waals surface area contributed by atoms with Crippen LogP contribution in [0.1, 0.15) is 25.7 Å². The van der Waals surface area contributed by atoms with E-state index in [4.69, 9.17) is 15.5 Å². The van der Waals surface area contributed by atoms with E-state index in [1.165, 1.54) is 0 Å². The summed E-state index contributed by atoms with van der Waals surface area (Å²) in [4.78, 5) is 39.2. The molecule has 5 rings (SSSR count). The Morgan fingerprint density at radius 2 is 1.80 bits per heavy atom. The number of carboxylic acid groups (broad SMARTS) is 1. The van der Waals surface area contributed by atoms with Gasteiger partial charge in [0.1, 0.15) is 6.10 Å². The van der Waals surface area contributed by atoms with Crippen LogP contribution in [0.3, 0.4) is 0 Å². The Morgan fingerprint density at radius 1 is 1.09 bits per heavy atom. The monoisotopic (exact) mass is 480 g/mol. The van der Waals surface area contributed by atoms with Crippen molar-refractivity contribution in [2.75, 3.05) is 49.9 Å². The molecule has 3 N–H and O–H groups in total. The number of likely N-dealkylation sites (tertiary alicyclic amines) is 1. The number of nitrogens with zero attached hydrogens (tertiary/aromatic N) is 5. The highest BCUT2D eigenvalue weighted by atomic mass is 16.6. The van der Waals surface area contributed by atoms with Gasteiger partial charge in [0.05, 0.1) is 24.3 Å². The molecular formula is C25H32N6O4. The molecule has 4 heterocycles. The van der Waals surface area contributed by atoms with E-state index in [1.807, 2.05) is 35.2 Å². The third kappa shape index (κ3) is 5.17. The van der Waals surface area contributed by atoms with Gasteiger partial charge in [-0.25, -0.2) is 14.8 Å². The van der Waals surface area contributed by atoms with Gasteiger partial charge >= 0.3 is 12.1 Å². The van der Waals surface area contributed by atoms with Crippen LogP contribution in [0, 0.1) is 5.92 Å². The number of rotatable bonds is 6. The second-order valence-corrected chi connectivity index (χ2v) is 9.63. The topological polar surface area (TPSA) is 125 Å². The van der Waals surface area contributed by atoms with Crippen molar-refractivity contribution in [2.24, 2.45) is 5.92 Å². The van der Waals surface area contributed by atoms with E-state index in [0.29, 0.717) is 37.4 Å². The van der Waals surface area contributed by atoms with Crippen LogP contribution in [0.5, 0.6) is 0 Å². The average molecular weight is 481 g/mol. The number of benzene rings is 1. The average Bonchev–Trinajstić information content (AvgIpc) is 3.25. The van der Waals surface area contributed by atoms with Crippen LogP contribution in [-0.4, -0.2) is 88.4 Å². The molecule has 3 saturated heterocycles. The van der Waals surface area contributed by atoms with Crippen molar-refractivity contribution in [3.63, 3.8) is 0 Å². The number of aliphatic carboxylic acids is 1. The number of carbonyl (C=O) groups is 2. The Bertz CT molecular complexity index is 1050. The van der Waals surface area contributed by atoms with Crippen molar-refractivity contribution in [3.05, 3.63) is 36.5 Å². The number of hydrogen-bond acceptors (Lipinski definition) is 8. The van der Waals surface area contributed by atoms with E-state index < -0.39 is 5.97 Å². The number of piperidine rings is 2. The predicted molar refractivity (Wildman–Crippen MR) is 131 cm³/mol. The molecule has 10 heteroatoms. The maximum Gasteiger partial charge on any atom is 0.410 e. The van der Waals surface area contributed by atoms with E-state index in [9.17, 15) is 14.7 Å². The minimum absolute atomic E-state index is 0.123. The fourth-order valence-corrected chi connectivity index (χ4v) is 5.34. The van der Waals surface area contributed by atoms with Crippen molar-refractivity contribution < 1.29 is 19.4 Å². The lowest BCUT2D eigenvalue weighted by atomic mass is 9.97. The largest absolute Gasteiger partial charge is 0.481 e. The Labute approximate surface area is 204 Å². The third-order valence-corrected chi connectivity index (χ3v) is 7.33. The zero-order valence-electron chi connectivity index (χ0n) is 19.8. The zero-order valence-corrected chi connectivity index (χ0v) is 19.8. The molecule has 0 bridgehead atoms. The number of amides is 1. The molecule has 0 saturated carbocycles. The molecule has 3 aliphatic rings. The van der Waals surface area contributed by atoms with Crippen molar-refractivity contribution in [1.82, 2.24) is 19.8 Å². The fourth-order valence-electron chi connectivity index (χ4n) is 5.34. The first kappa shape index (κ1) is 23.3. The lowest BCUT2D eigenvalue weighted by Gasteiger charge is -2.36. The summed E-state index contributed by atoms with van der Waals surface area (Å²) in [5.74, 6) is 0.417. The second-order valence-electron chi connectivity index (χ2n) is 9.63. The Kier molecular flexibility index (Phi) is 6.72. The summed E-state index contributed by atoms with van der Waals surface area (Å²) >= 11 is 0. The van der Waals surface area contributed by atoms with Crippen LogP contribution in [0.4, 0.5) is 16.3 Å². The molecule has 0 aliphatic carbocycles. The highest BCUT2D eigenvalue weighted by molar-refractivity contribution is 5.71. The summed E-state index contributed by atoms with van der Waals surface area (Å²) in [5, 5.41) is 9.18. The number of nitrogens with two attached hydrogens (primary N) is 1. The number of carboxylic acids is 1. The molecule has 1 aromatic carbocycles. The van der Waals surface area contributed by atoms with Gasteiger partial charge in [-0.05, 0) is 38.8 Å². The minimum Gasteiger partial charge on any atom is -0.481 e. The van der Waals surface area contributed by atoms with E-state index in [-0.39, 0.29) is 24.2 Å². The molecule has 1 amide bonds. The molecule has 3 fully saturated rings. The van der Waals surface area contributed by atoms with Gasteiger partial charge in [-0.2, -0.15) is 0 Å². The molecule has 1 unspecified atom stereocenters. The van der Waals surface area contributed by atoms with Crippen LogP contribution in [-0.2, 0) is 9.53 Å². The number of anilines is 2. The Hall–Kier alpha value is -3.40. The Balaban J connectivity index is 1.15. The van der Waals surface area contributed by atoms with Gasteiger partial charge < -0.3 is 25.4 Å². The van der Waals surface area contributed by atoms with Crippen LogP contribution >= 0.6 is 0 Å². The van der Waals surface area contributed by atoms with Gasteiger partial charge in [-0.1, -0.05) is 30.3 Å². The predicted octanol–water partition coefficient (Wildman–Crippen LogP) is 2.31. The first-order valence-electron chi connectivity index (χ1n) is 12.3. The summed E-state index contributed by atoms with van der Waals surface area (Å²) in [6, 6.07) is 9.96. The molecule has 0 spiro atoms. The first-order chi connectivity index (χ1) is 17.0. The van der Waals surface area contributed by atoms with E-state index in [2.05, 4.69) is 14.8 Å². The van der Waals surface area contributed by atoms with Crippen molar-refractivity contribution in [3.8, 4) is 11.4 Å². The molecule has 1 aromatic heterocycles. The van der Waals surface area contributed by atoms with E-state index >= 15 is 0 Å². The fraction of sp³-hybridized carbons (Fsp3) is 0.520. The summed E-state index contributed by atoms with van der Waals surface area (Å²) in [5.41, 5.74) is 7.72. The molecule has 0 radical (unpaired) electrons. The molecule has 3 aliphatic heterocycles. The maximum absolute atomic E-state index is 12.6. The molecule has 2 aromatic rings. The standard InChI is InChI=1S/C25H32N6O4/c26-21-14-27-22(17-4-2-1-3-5-17)28-23(21)30-12-8-19(9-13-30)31-16-20(35-25(31)34)15-29-10-6-18(7-11-29)24(32)33/h1-5,14,18-20H,6-13,15-16,26H2,(H,32,33). The number of ether oxygens (including phenoxy) is 1. The SMILES string of the molecule is Nc1cnc(-c2ccccc2)nc1N1CCC(N2CC(CN3CCC(C(=O)O)CC3)OC2=O)CC1. The minimum atomic E-state index is -0.713. The summed E-state index contributed by atoms with van der Waals surface area (Å²) in [7, 11) is 0. The lowest BCUT2D eigenvalue weighted by Crippen LogP contribution is -2.46. The second kappa shape index (κ2) is 10.1. The molecular weight excluding hydrogens is 448 g/mol. The van der Waals surface area contributed by atoms with Crippen LogP contribution < -0.4 is 10.6 Å². The Morgan fingerprint density at radius 3 is 2.49 bits per heavy atom. The number of hydrogen-bond donors (Lipinski definition) is 2. The maximum atomic E-state index is 12.6. The van der Waals surface area contributed by atoms with Gasteiger partial charge in [0.15, 0.2) is 11.6 Å². The summed E-state index contributed by atoms with van der Waals surface area (Å²) in [6.07, 6.45) is 4.17. The van der Waals surface area contributed by atoms with Gasteiger partial charge in [0.2, 0.25) is 0 Å². The molecule has 35 heavy (non-hydrogen) atoms. The quantitative estimate of drug-likeness (QED) is 0.641.